The lowest BCUT2D eigenvalue weighted by Gasteiger charge is -2.09. The number of allylic oxidation sites excluding steroid dienone is 2. The fraction of sp³-hybridized carbons (Fsp3) is 0.250. The minimum atomic E-state index is -0.0596. The highest BCUT2D eigenvalue weighted by Crippen LogP contribution is 2.12. The normalized spacial score (nSPS) is 18.0. The van der Waals surface area contributed by atoms with Crippen LogP contribution in [0.1, 0.15) is 6.92 Å². The molecule has 1 rings (SSSR count). The summed E-state index contributed by atoms with van der Waals surface area (Å²) in [5, 5.41) is 0. The molecule has 0 saturated heterocycles. The van der Waals surface area contributed by atoms with Crippen LogP contribution in [0, 0.1) is 0 Å². The van der Waals surface area contributed by atoms with E-state index in [9.17, 15) is 4.79 Å². The molecule has 0 saturated carbocycles. The lowest BCUT2D eigenvalue weighted by Crippen LogP contribution is -2.17. The van der Waals surface area contributed by atoms with Crippen LogP contribution in [0.3, 0.4) is 0 Å². The van der Waals surface area contributed by atoms with E-state index < -0.39 is 0 Å². The van der Waals surface area contributed by atoms with E-state index in [1.165, 1.54) is 6.20 Å². The fourth-order valence-corrected chi connectivity index (χ4v) is 1.03. The van der Waals surface area contributed by atoms with Gasteiger partial charge in [0.2, 0.25) is 0 Å². The molecule has 1 aliphatic heterocycles. The maximum atomic E-state index is 11.2. The van der Waals surface area contributed by atoms with Crippen molar-refractivity contribution >= 4 is 23.1 Å². The number of Topliss-reactive ketones (excluding diaryl/α,β-unsaturated/α-hetero) is 1. The van der Waals surface area contributed by atoms with Gasteiger partial charge in [0.15, 0.2) is 5.78 Å². The van der Waals surface area contributed by atoms with Crippen LogP contribution in [0.2, 0.25) is 0 Å². The quantitative estimate of drug-likeness (QED) is 0.434. The first-order chi connectivity index (χ1) is 5.16. The zero-order valence-corrected chi connectivity index (χ0v) is 6.98. The molecule has 0 aromatic rings. The first kappa shape index (κ1) is 8.21. The third-order valence-electron chi connectivity index (χ3n) is 1.52. The maximum absolute atomic E-state index is 11.2. The Bertz CT molecular complexity index is 276. The van der Waals surface area contributed by atoms with Crippen LogP contribution in [0.15, 0.2) is 28.9 Å². The summed E-state index contributed by atoms with van der Waals surface area (Å²) in [5.74, 6) is 0.185. The van der Waals surface area contributed by atoms with Gasteiger partial charge in [0.25, 0.3) is 0 Å². The molecule has 11 heavy (non-hydrogen) atoms. The smallest absolute Gasteiger partial charge is 0.191 e. The number of hydrogen-bond acceptors (Lipinski definition) is 2. The van der Waals surface area contributed by atoms with Gasteiger partial charge in [0.05, 0.1) is 11.6 Å². The second-order valence-corrected chi connectivity index (χ2v) is 2.60. The van der Waals surface area contributed by atoms with Crippen LogP contribution in [0.5, 0.6) is 0 Å². The average molecular weight is 170 g/mol. The summed E-state index contributed by atoms with van der Waals surface area (Å²) in [5.41, 5.74) is 1.60. The van der Waals surface area contributed by atoms with E-state index in [0.717, 1.165) is 0 Å². The van der Waals surface area contributed by atoms with E-state index in [4.69, 9.17) is 11.6 Å². The number of halogens is 1. The largest absolute Gasteiger partial charge is 0.289 e. The lowest BCUT2D eigenvalue weighted by molar-refractivity contribution is -0.111. The van der Waals surface area contributed by atoms with Crippen molar-refractivity contribution in [2.45, 2.75) is 6.92 Å². The zero-order valence-electron chi connectivity index (χ0n) is 6.22. The standard InChI is InChI=1S/C8H8ClNO/c1-5-4-10-7(3-9)6(2)8(5)11/h4H,2-3H2,1H3. The van der Waals surface area contributed by atoms with Crippen molar-refractivity contribution < 1.29 is 4.79 Å². The molecule has 2 nitrogen and oxygen atoms in total. The molecule has 1 heterocycles. The summed E-state index contributed by atoms with van der Waals surface area (Å²) in [6, 6.07) is 0. The van der Waals surface area contributed by atoms with Crippen molar-refractivity contribution in [1.82, 2.24) is 0 Å². The van der Waals surface area contributed by atoms with E-state index in [1.807, 2.05) is 0 Å². The predicted molar refractivity (Wildman–Crippen MR) is 46.1 cm³/mol. The Hall–Kier alpha value is -0.890. The van der Waals surface area contributed by atoms with Crippen LogP contribution in [-0.2, 0) is 4.79 Å². The average Bonchev–Trinajstić information content (AvgIpc) is 2.01. The van der Waals surface area contributed by atoms with Gasteiger partial charge in [-0.2, -0.15) is 0 Å². The van der Waals surface area contributed by atoms with E-state index in [2.05, 4.69) is 11.6 Å². The molecule has 58 valence electrons. The third-order valence-corrected chi connectivity index (χ3v) is 1.77. The summed E-state index contributed by atoms with van der Waals surface area (Å²) in [4.78, 5) is 15.1. The summed E-state index contributed by atoms with van der Waals surface area (Å²) in [6.07, 6.45) is 1.52. The van der Waals surface area contributed by atoms with E-state index in [1.54, 1.807) is 6.92 Å². The van der Waals surface area contributed by atoms with E-state index in [0.29, 0.717) is 16.9 Å². The highest BCUT2D eigenvalue weighted by atomic mass is 35.5. The topological polar surface area (TPSA) is 29.4 Å². The van der Waals surface area contributed by atoms with Gasteiger partial charge >= 0.3 is 0 Å². The summed E-state index contributed by atoms with van der Waals surface area (Å²) >= 11 is 5.52. The number of aliphatic imine (C=N–C) groups is 1. The SMILES string of the molecule is C=C1C(=O)C(C)=CN=C1CCl. The van der Waals surface area contributed by atoms with Crippen LogP contribution in [-0.4, -0.2) is 17.4 Å². The van der Waals surface area contributed by atoms with Gasteiger partial charge in [-0.3, -0.25) is 9.79 Å². The number of nitrogens with zero attached hydrogens (tertiary/aromatic N) is 1. The Morgan fingerprint density at radius 3 is 2.91 bits per heavy atom. The molecule has 0 aromatic carbocycles. The van der Waals surface area contributed by atoms with Crippen LogP contribution in [0.4, 0.5) is 0 Å². The van der Waals surface area contributed by atoms with E-state index >= 15 is 0 Å². The highest BCUT2D eigenvalue weighted by molar-refractivity contribution is 6.39. The number of alkyl halides is 1. The van der Waals surface area contributed by atoms with Crippen molar-refractivity contribution in [3.05, 3.63) is 23.9 Å². The molecular weight excluding hydrogens is 162 g/mol. The summed E-state index contributed by atoms with van der Waals surface area (Å²) < 4.78 is 0. The van der Waals surface area contributed by atoms with Gasteiger partial charge in [-0.05, 0) is 6.92 Å². The lowest BCUT2D eigenvalue weighted by atomic mass is 10.0. The molecule has 0 spiro atoms. The number of hydrogen-bond donors (Lipinski definition) is 0. The molecule has 0 aromatic heterocycles. The Balaban J connectivity index is 3.03. The van der Waals surface area contributed by atoms with Gasteiger partial charge in [-0.25, -0.2) is 0 Å². The van der Waals surface area contributed by atoms with Gasteiger partial charge in [0, 0.05) is 17.3 Å². The van der Waals surface area contributed by atoms with E-state index in [-0.39, 0.29) is 11.7 Å². The van der Waals surface area contributed by atoms with Crippen molar-refractivity contribution in [3.8, 4) is 0 Å². The fourth-order valence-electron chi connectivity index (χ4n) is 0.796. The first-order valence-corrected chi connectivity index (χ1v) is 3.73. The molecule has 0 amide bonds. The molecule has 0 N–H and O–H groups in total. The molecule has 0 aliphatic carbocycles. The Kier molecular flexibility index (Phi) is 2.25. The van der Waals surface area contributed by atoms with Gasteiger partial charge in [-0.15, -0.1) is 11.6 Å². The number of carbonyl (C=O) groups is 1. The van der Waals surface area contributed by atoms with Gasteiger partial charge < -0.3 is 0 Å². The minimum Gasteiger partial charge on any atom is -0.289 e. The first-order valence-electron chi connectivity index (χ1n) is 3.20. The molecule has 3 heteroatoms. The Labute approximate surface area is 70.3 Å². The minimum absolute atomic E-state index is 0.0596. The molecule has 0 radical (unpaired) electrons. The van der Waals surface area contributed by atoms with Crippen molar-refractivity contribution in [3.63, 3.8) is 0 Å². The van der Waals surface area contributed by atoms with Crippen molar-refractivity contribution in [2.75, 3.05) is 5.88 Å². The van der Waals surface area contributed by atoms with Crippen molar-refractivity contribution in [1.29, 1.82) is 0 Å². The second-order valence-electron chi connectivity index (χ2n) is 2.33. The predicted octanol–water partition coefficient (Wildman–Crippen LogP) is 1.71. The molecule has 0 fully saturated rings. The van der Waals surface area contributed by atoms with Gasteiger partial charge in [0.1, 0.15) is 0 Å². The monoisotopic (exact) mass is 169 g/mol. The molecule has 1 aliphatic rings. The number of carbonyl (C=O) groups excluding carboxylic acids is 1. The zero-order chi connectivity index (χ0) is 8.43. The summed E-state index contributed by atoms with van der Waals surface area (Å²) in [6.45, 7) is 5.30. The van der Waals surface area contributed by atoms with Crippen LogP contribution in [0.25, 0.3) is 0 Å². The molecule has 0 atom stereocenters. The Morgan fingerprint density at radius 1 is 1.73 bits per heavy atom. The van der Waals surface area contributed by atoms with Crippen LogP contribution < -0.4 is 0 Å². The number of ketones is 1. The van der Waals surface area contributed by atoms with Gasteiger partial charge in [-0.1, -0.05) is 6.58 Å². The van der Waals surface area contributed by atoms with Crippen molar-refractivity contribution in [2.24, 2.45) is 4.99 Å². The second kappa shape index (κ2) is 3.01. The third kappa shape index (κ3) is 1.40. The highest BCUT2D eigenvalue weighted by Gasteiger charge is 2.17. The van der Waals surface area contributed by atoms with Crippen LogP contribution >= 0.6 is 11.6 Å². The number of rotatable bonds is 1. The summed E-state index contributed by atoms with van der Waals surface area (Å²) in [7, 11) is 0. The molecule has 0 bridgehead atoms. The molecular formula is C8H8ClNO. The maximum Gasteiger partial charge on any atom is 0.191 e. The molecule has 0 unspecified atom stereocenters. The Morgan fingerprint density at radius 2 is 2.36 bits per heavy atom.